The Hall–Kier alpha value is -1.98. The largest absolute Gasteiger partial charge is 0.352 e. The van der Waals surface area contributed by atoms with E-state index < -0.39 is 17.9 Å². The Labute approximate surface area is 105 Å². The number of pyridine rings is 1. The molecule has 1 unspecified atom stereocenters. The number of aromatic nitrogens is 1. The molecule has 0 aromatic carbocycles. The fourth-order valence-electron chi connectivity index (χ4n) is 1.28. The highest BCUT2D eigenvalue weighted by atomic mass is 19.1. The van der Waals surface area contributed by atoms with Gasteiger partial charge in [-0.3, -0.25) is 9.59 Å². The number of hydrogen-bond acceptors (Lipinski definition) is 3. The van der Waals surface area contributed by atoms with Crippen LogP contribution in [0.4, 0.5) is 4.39 Å². The number of halogens is 1. The van der Waals surface area contributed by atoms with E-state index >= 15 is 0 Å². The lowest BCUT2D eigenvalue weighted by Crippen LogP contribution is -2.46. The molecule has 2 N–H and O–H groups in total. The molecule has 5 nitrogen and oxygen atoms in total. The van der Waals surface area contributed by atoms with Crippen molar-refractivity contribution < 1.29 is 14.0 Å². The van der Waals surface area contributed by atoms with Crippen LogP contribution in [0.5, 0.6) is 0 Å². The second kappa shape index (κ2) is 6.09. The number of nitrogens with one attached hydrogen (secondary N) is 2. The van der Waals surface area contributed by atoms with Crippen molar-refractivity contribution in [3.63, 3.8) is 0 Å². The Balaban J connectivity index is 2.62. The van der Waals surface area contributed by atoms with Gasteiger partial charge in [0.15, 0.2) is 0 Å². The first kappa shape index (κ1) is 14.1. The molecular weight excluding hydrogens is 237 g/mol. The maximum atomic E-state index is 12.8. The minimum atomic E-state index is -0.734. The number of carbonyl (C=O) groups excluding carboxylic acids is 2. The summed E-state index contributed by atoms with van der Waals surface area (Å²) in [5.41, 5.74) is -0.0563. The quantitative estimate of drug-likeness (QED) is 0.782. The summed E-state index contributed by atoms with van der Waals surface area (Å²) in [6.45, 7) is 5.19. The van der Waals surface area contributed by atoms with Gasteiger partial charge in [0.2, 0.25) is 11.9 Å². The van der Waals surface area contributed by atoms with Gasteiger partial charge in [-0.25, -0.2) is 4.98 Å². The first-order chi connectivity index (χ1) is 8.40. The van der Waals surface area contributed by atoms with E-state index in [-0.39, 0.29) is 17.6 Å². The molecule has 0 aliphatic heterocycles. The number of rotatable bonds is 4. The Morgan fingerprint density at radius 2 is 1.89 bits per heavy atom. The van der Waals surface area contributed by atoms with Crippen molar-refractivity contribution in [1.29, 1.82) is 0 Å². The van der Waals surface area contributed by atoms with Gasteiger partial charge in [-0.1, -0.05) is 6.07 Å². The monoisotopic (exact) mass is 253 g/mol. The summed E-state index contributed by atoms with van der Waals surface area (Å²) in [7, 11) is 0. The molecule has 0 spiro atoms. The van der Waals surface area contributed by atoms with Gasteiger partial charge in [0, 0.05) is 6.04 Å². The highest BCUT2D eigenvalue weighted by Gasteiger charge is 2.17. The van der Waals surface area contributed by atoms with Gasteiger partial charge in [0.25, 0.3) is 5.91 Å². The number of hydrogen-bond donors (Lipinski definition) is 2. The maximum Gasteiger partial charge on any atom is 0.270 e. The molecule has 1 heterocycles. The van der Waals surface area contributed by atoms with Crippen molar-refractivity contribution in [2.45, 2.75) is 32.9 Å². The third kappa shape index (κ3) is 4.12. The smallest absolute Gasteiger partial charge is 0.270 e. The lowest BCUT2D eigenvalue weighted by atomic mass is 10.2. The summed E-state index contributed by atoms with van der Waals surface area (Å²) in [6.07, 6.45) is 0. The molecule has 1 aromatic heterocycles. The average molecular weight is 253 g/mol. The number of nitrogens with zero attached hydrogens (tertiary/aromatic N) is 1. The van der Waals surface area contributed by atoms with Gasteiger partial charge < -0.3 is 10.6 Å². The van der Waals surface area contributed by atoms with E-state index in [4.69, 9.17) is 0 Å². The Morgan fingerprint density at radius 1 is 1.22 bits per heavy atom. The van der Waals surface area contributed by atoms with Gasteiger partial charge in [0.05, 0.1) is 0 Å². The molecule has 1 aromatic rings. The molecule has 18 heavy (non-hydrogen) atoms. The molecule has 0 aliphatic carbocycles. The molecule has 1 rings (SSSR count). The SMILES string of the molecule is CC(C)NC(=O)C(C)NC(=O)c1cccc(F)n1. The average Bonchev–Trinajstić information content (AvgIpc) is 2.27. The van der Waals surface area contributed by atoms with Gasteiger partial charge in [0.1, 0.15) is 11.7 Å². The molecule has 0 aliphatic rings. The van der Waals surface area contributed by atoms with Crippen LogP contribution < -0.4 is 10.6 Å². The summed E-state index contributed by atoms with van der Waals surface area (Å²) < 4.78 is 12.8. The van der Waals surface area contributed by atoms with Crippen molar-refractivity contribution in [3.8, 4) is 0 Å². The third-order valence-corrected chi connectivity index (χ3v) is 2.12. The molecule has 0 bridgehead atoms. The van der Waals surface area contributed by atoms with E-state index in [1.54, 1.807) is 6.92 Å². The summed E-state index contributed by atoms with van der Waals surface area (Å²) in [6, 6.07) is 3.20. The molecule has 1 atom stereocenters. The minimum Gasteiger partial charge on any atom is -0.352 e. The summed E-state index contributed by atoms with van der Waals surface area (Å²) in [4.78, 5) is 26.7. The van der Waals surface area contributed by atoms with Crippen LogP contribution in [0.2, 0.25) is 0 Å². The lowest BCUT2D eigenvalue weighted by molar-refractivity contribution is -0.123. The van der Waals surface area contributed by atoms with E-state index in [2.05, 4.69) is 15.6 Å². The first-order valence-electron chi connectivity index (χ1n) is 5.64. The Morgan fingerprint density at radius 3 is 2.44 bits per heavy atom. The van der Waals surface area contributed by atoms with Crippen molar-refractivity contribution in [2.24, 2.45) is 0 Å². The Bertz CT molecular complexity index is 449. The van der Waals surface area contributed by atoms with E-state index in [1.165, 1.54) is 12.1 Å². The van der Waals surface area contributed by atoms with Crippen molar-refractivity contribution >= 4 is 11.8 Å². The standard InChI is InChI=1S/C12H16FN3O2/c1-7(2)14-11(17)8(3)15-12(18)9-5-4-6-10(13)16-9/h4-8H,1-3H3,(H,14,17)(H,15,18). The van der Waals surface area contributed by atoms with E-state index in [9.17, 15) is 14.0 Å². The van der Waals surface area contributed by atoms with Crippen molar-refractivity contribution in [2.75, 3.05) is 0 Å². The second-order valence-electron chi connectivity index (χ2n) is 4.20. The van der Waals surface area contributed by atoms with E-state index in [1.807, 2.05) is 13.8 Å². The maximum absolute atomic E-state index is 12.8. The van der Waals surface area contributed by atoms with Crippen LogP contribution in [0.15, 0.2) is 18.2 Å². The Kier molecular flexibility index (Phi) is 4.76. The van der Waals surface area contributed by atoms with Gasteiger partial charge in [-0.05, 0) is 32.9 Å². The number of carbonyl (C=O) groups is 2. The van der Waals surface area contributed by atoms with Gasteiger partial charge in [-0.15, -0.1) is 0 Å². The highest BCUT2D eigenvalue weighted by Crippen LogP contribution is 1.98. The summed E-state index contributed by atoms with van der Waals surface area (Å²) >= 11 is 0. The topological polar surface area (TPSA) is 71.1 Å². The number of amides is 2. The van der Waals surface area contributed by atoms with Crippen LogP contribution in [0, 0.1) is 5.95 Å². The molecule has 0 saturated heterocycles. The van der Waals surface area contributed by atoms with Crippen molar-refractivity contribution in [1.82, 2.24) is 15.6 Å². The van der Waals surface area contributed by atoms with Crippen LogP contribution in [0.1, 0.15) is 31.3 Å². The molecule has 0 radical (unpaired) electrons. The highest BCUT2D eigenvalue weighted by molar-refractivity contribution is 5.95. The summed E-state index contributed by atoms with van der Waals surface area (Å²) in [5, 5.41) is 5.11. The molecule has 0 saturated carbocycles. The van der Waals surface area contributed by atoms with Gasteiger partial charge in [-0.2, -0.15) is 4.39 Å². The fourth-order valence-corrected chi connectivity index (χ4v) is 1.28. The summed E-state index contributed by atoms with van der Waals surface area (Å²) in [5.74, 6) is -1.61. The van der Waals surface area contributed by atoms with Crippen LogP contribution in [-0.2, 0) is 4.79 Å². The molecule has 2 amide bonds. The fraction of sp³-hybridized carbons (Fsp3) is 0.417. The predicted molar refractivity (Wildman–Crippen MR) is 64.4 cm³/mol. The van der Waals surface area contributed by atoms with E-state index in [0.29, 0.717) is 0 Å². The lowest BCUT2D eigenvalue weighted by Gasteiger charge is -2.15. The zero-order valence-corrected chi connectivity index (χ0v) is 10.5. The third-order valence-electron chi connectivity index (χ3n) is 2.12. The van der Waals surface area contributed by atoms with Crippen molar-refractivity contribution in [3.05, 3.63) is 29.8 Å². The molecule has 6 heteroatoms. The van der Waals surface area contributed by atoms with Crippen LogP contribution in [0.3, 0.4) is 0 Å². The van der Waals surface area contributed by atoms with Crippen LogP contribution in [0.25, 0.3) is 0 Å². The molecule has 0 fully saturated rings. The van der Waals surface area contributed by atoms with Crippen LogP contribution >= 0.6 is 0 Å². The molecular formula is C12H16FN3O2. The normalized spacial score (nSPS) is 12.1. The van der Waals surface area contributed by atoms with Crippen LogP contribution in [-0.4, -0.2) is 28.9 Å². The van der Waals surface area contributed by atoms with E-state index in [0.717, 1.165) is 6.07 Å². The van der Waals surface area contributed by atoms with Gasteiger partial charge >= 0.3 is 0 Å². The first-order valence-corrected chi connectivity index (χ1v) is 5.64. The zero-order chi connectivity index (χ0) is 13.7. The second-order valence-corrected chi connectivity index (χ2v) is 4.20. The minimum absolute atomic E-state index is 0.0100. The zero-order valence-electron chi connectivity index (χ0n) is 10.5. The predicted octanol–water partition coefficient (Wildman–Crippen LogP) is 0.864. The molecule has 98 valence electrons.